The molecule has 0 unspecified atom stereocenters. The van der Waals surface area contributed by atoms with E-state index in [1.807, 2.05) is 0 Å². The predicted molar refractivity (Wildman–Crippen MR) is 110 cm³/mol. The van der Waals surface area contributed by atoms with Crippen molar-refractivity contribution in [3.05, 3.63) is 81.5 Å². The summed E-state index contributed by atoms with van der Waals surface area (Å²) in [5.41, 5.74) is 1.74. The van der Waals surface area contributed by atoms with Gasteiger partial charge in [-0.25, -0.2) is 4.79 Å². The van der Waals surface area contributed by atoms with Gasteiger partial charge in [-0.3, -0.25) is 4.79 Å². The van der Waals surface area contributed by atoms with E-state index in [-0.39, 0.29) is 5.56 Å². The number of amides is 1. The third kappa shape index (κ3) is 4.44. The van der Waals surface area contributed by atoms with Gasteiger partial charge in [0.25, 0.3) is 0 Å². The summed E-state index contributed by atoms with van der Waals surface area (Å²) < 4.78 is 5.69. The normalized spacial score (nSPS) is 11.0. The Hall–Kier alpha value is -3.02. The molecule has 0 fully saturated rings. The van der Waals surface area contributed by atoms with Crippen molar-refractivity contribution in [2.75, 3.05) is 5.32 Å². The number of carboxylic acids is 1. The lowest BCUT2D eigenvalue weighted by Crippen LogP contribution is -2.11. The Morgan fingerprint density at radius 2 is 1.89 bits per heavy atom. The van der Waals surface area contributed by atoms with Crippen molar-refractivity contribution in [2.45, 2.75) is 6.92 Å². The Labute approximate surface area is 171 Å². The fourth-order valence-electron chi connectivity index (χ4n) is 2.61. The smallest absolute Gasteiger partial charge is 0.336 e. The lowest BCUT2D eigenvalue weighted by atomic mass is 10.1. The average Bonchev–Trinajstić information content (AvgIpc) is 3.10. The molecule has 0 spiro atoms. The van der Waals surface area contributed by atoms with Crippen molar-refractivity contribution in [3.63, 3.8) is 0 Å². The van der Waals surface area contributed by atoms with Gasteiger partial charge in [-0.1, -0.05) is 29.3 Å². The maximum absolute atomic E-state index is 12.2. The van der Waals surface area contributed by atoms with E-state index in [0.717, 1.165) is 0 Å². The van der Waals surface area contributed by atoms with Crippen molar-refractivity contribution in [1.82, 2.24) is 0 Å². The first-order chi connectivity index (χ1) is 13.3. The molecular weight excluding hydrogens is 401 g/mol. The first kappa shape index (κ1) is 19.7. The summed E-state index contributed by atoms with van der Waals surface area (Å²) in [5, 5.41) is 12.8. The van der Waals surface area contributed by atoms with Gasteiger partial charge in [-0.2, -0.15) is 0 Å². The monoisotopic (exact) mass is 415 g/mol. The molecule has 2 N–H and O–H groups in total. The SMILES string of the molecule is Cc1c(NC(=O)/C=C/c2ccc(-c3ccc(Cl)cc3Cl)o2)cccc1C(=O)O. The zero-order chi connectivity index (χ0) is 20.3. The quantitative estimate of drug-likeness (QED) is 0.507. The molecule has 3 rings (SSSR count). The Balaban J connectivity index is 1.73. The summed E-state index contributed by atoms with van der Waals surface area (Å²) in [4.78, 5) is 23.3. The van der Waals surface area contributed by atoms with Gasteiger partial charge in [0.2, 0.25) is 5.91 Å². The summed E-state index contributed by atoms with van der Waals surface area (Å²) in [6.45, 7) is 1.64. The Morgan fingerprint density at radius 1 is 1.11 bits per heavy atom. The Bertz CT molecular complexity index is 1090. The molecule has 2 aromatic carbocycles. The van der Waals surface area contributed by atoms with Crippen LogP contribution in [0.1, 0.15) is 21.7 Å². The standard InChI is InChI=1S/C21H15Cl2NO4/c1-12-15(21(26)27)3-2-4-18(12)24-20(25)10-7-14-6-9-19(28-14)16-8-5-13(22)11-17(16)23/h2-11H,1H3,(H,24,25)(H,26,27)/b10-7+. The zero-order valence-corrected chi connectivity index (χ0v) is 16.2. The average molecular weight is 416 g/mol. The molecule has 0 aliphatic heterocycles. The highest BCUT2D eigenvalue weighted by atomic mass is 35.5. The van der Waals surface area contributed by atoms with E-state index in [2.05, 4.69) is 5.32 Å². The molecule has 0 atom stereocenters. The number of rotatable bonds is 5. The molecule has 3 aromatic rings. The summed E-state index contributed by atoms with van der Waals surface area (Å²) >= 11 is 12.1. The van der Waals surface area contributed by atoms with E-state index >= 15 is 0 Å². The second-order valence-electron chi connectivity index (χ2n) is 5.93. The van der Waals surface area contributed by atoms with Gasteiger partial charge in [-0.05, 0) is 61.0 Å². The van der Waals surface area contributed by atoms with E-state index in [4.69, 9.17) is 32.7 Å². The maximum Gasteiger partial charge on any atom is 0.336 e. The van der Waals surface area contributed by atoms with Gasteiger partial charge in [0, 0.05) is 22.3 Å². The largest absolute Gasteiger partial charge is 0.478 e. The Morgan fingerprint density at radius 3 is 2.61 bits per heavy atom. The molecule has 142 valence electrons. The molecular formula is C21H15Cl2NO4. The molecule has 0 saturated carbocycles. The molecule has 1 aromatic heterocycles. The van der Waals surface area contributed by atoms with E-state index in [1.165, 1.54) is 18.2 Å². The zero-order valence-electron chi connectivity index (χ0n) is 14.7. The van der Waals surface area contributed by atoms with Gasteiger partial charge < -0.3 is 14.8 Å². The van der Waals surface area contributed by atoms with Crippen molar-refractivity contribution >= 4 is 46.8 Å². The molecule has 28 heavy (non-hydrogen) atoms. The van der Waals surface area contributed by atoms with Crippen LogP contribution >= 0.6 is 23.2 Å². The number of aromatic carboxylic acids is 1. The van der Waals surface area contributed by atoms with Gasteiger partial charge >= 0.3 is 5.97 Å². The fourth-order valence-corrected chi connectivity index (χ4v) is 3.11. The van der Waals surface area contributed by atoms with Crippen molar-refractivity contribution in [2.24, 2.45) is 0 Å². The molecule has 0 bridgehead atoms. The number of halogens is 2. The van der Waals surface area contributed by atoms with Crippen LogP contribution in [0.2, 0.25) is 10.0 Å². The summed E-state index contributed by atoms with van der Waals surface area (Å²) in [6, 6.07) is 13.2. The van der Waals surface area contributed by atoms with E-state index < -0.39 is 11.9 Å². The number of nitrogens with one attached hydrogen (secondary N) is 1. The van der Waals surface area contributed by atoms with Crippen LogP contribution in [0, 0.1) is 6.92 Å². The molecule has 0 aliphatic rings. The van der Waals surface area contributed by atoms with Crippen LogP contribution in [-0.4, -0.2) is 17.0 Å². The summed E-state index contributed by atoms with van der Waals surface area (Å²) in [6.07, 6.45) is 2.82. The van der Waals surface area contributed by atoms with Gasteiger partial charge in [0.15, 0.2) is 0 Å². The number of carbonyl (C=O) groups excluding carboxylic acids is 1. The first-order valence-corrected chi connectivity index (χ1v) is 8.98. The highest BCUT2D eigenvalue weighted by Gasteiger charge is 2.11. The molecule has 0 saturated heterocycles. The van der Waals surface area contributed by atoms with Crippen molar-refractivity contribution in [3.8, 4) is 11.3 Å². The maximum atomic E-state index is 12.2. The van der Waals surface area contributed by atoms with Gasteiger partial charge in [0.1, 0.15) is 11.5 Å². The summed E-state index contributed by atoms with van der Waals surface area (Å²) in [7, 11) is 0. The molecule has 1 heterocycles. The van der Waals surface area contributed by atoms with Crippen molar-refractivity contribution in [1.29, 1.82) is 0 Å². The number of carboxylic acid groups (broad SMARTS) is 1. The first-order valence-electron chi connectivity index (χ1n) is 8.22. The lowest BCUT2D eigenvalue weighted by Gasteiger charge is -2.08. The minimum absolute atomic E-state index is 0.136. The van der Waals surface area contributed by atoms with E-state index in [1.54, 1.807) is 49.4 Å². The van der Waals surface area contributed by atoms with Crippen LogP contribution < -0.4 is 5.32 Å². The second-order valence-corrected chi connectivity index (χ2v) is 6.78. The van der Waals surface area contributed by atoms with Gasteiger partial charge in [0.05, 0.1) is 10.6 Å². The highest BCUT2D eigenvalue weighted by Crippen LogP contribution is 2.31. The van der Waals surface area contributed by atoms with Crippen LogP contribution in [0.5, 0.6) is 0 Å². The number of anilines is 1. The summed E-state index contributed by atoms with van der Waals surface area (Å²) in [5.74, 6) is -0.444. The van der Waals surface area contributed by atoms with Crippen LogP contribution in [0.4, 0.5) is 5.69 Å². The predicted octanol–water partition coefficient (Wildman–Crippen LogP) is 5.91. The number of carbonyl (C=O) groups is 2. The highest BCUT2D eigenvalue weighted by molar-refractivity contribution is 6.36. The number of hydrogen-bond acceptors (Lipinski definition) is 3. The van der Waals surface area contributed by atoms with Gasteiger partial charge in [-0.15, -0.1) is 0 Å². The number of furan rings is 1. The fraction of sp³-hybridized carbons (Fsp3) is 0.0476. The van der Waals surface area contributed by atoms with E-state index in [0.29, 0.717) is 38.4 Å². The minimum Gasteiger partial charge on any atom is -0.478 e. The molecule has 1 amide bonds. The van der Waals surface area contributed by atoms with Crippen LogP contribution in [-0.2, 0) is 4.79 Å². The molecule has 7 heteroatoms. The minimum atomic E-state index is -1.05. The van der Waals surface area contributed by atoms with Crippen molar-refractivity contribution < 1.29 is 19.1 Å². The third-order valence-electron chi connectivity index (χ3n) is 4.04. The van der Waals surface area contributed by atoms with Crippen LogP contribution in [0.25, 0.3) is 17.4 Å². The molecule has 5 nitrogen and oxygen atoms in total. The Kier molecular flexibility index (Phi) is 5.87. The number of benzene rings is 2. The van der Waals surface area contributed by atoms with E-state index in [9.17, 15) is 9.59 Å². The second kappa shape index (κ2) is 8.33. The number of hydrogen-bond donors (Lipinski definition) is 2. The van der Waals surface area contributed by atoms with Crippen LogP contribution in [0.3, 0.4) is 0 Å². The molecule has 0 radical (unpaired) electrons. The van der Waals surface area contributed by atoms with Crippen LogP contribution in [0.15, 0.2) is 59.0 Å². The lowest BCUT2D eigenvalue weighted by molar-refractivity contribution is -0.111. The topological polar surface area (TPSA) is 79.5 Å². The molecule has 0 aliphatic carbocycles. The third-order valence-corrected chi connectivity index (χ3v) is 4.59.